The topological polar surface area (TPSA) is 87.2 Å². The summed E-state index contributed by atoms with van der Waals surface area (Å²) < 4.78 is 12.6. The van der Waals surface area contributed by atoms with Crippen LogP contribution in [0.2, 0.25) is 5.02 Å². The van der Waals surface area contributed by atoms with Crippen LogP contribution >= 0.6 is 11.6 Å². The van der Waals surface area contributed by atoms with E-state index < -0.39 is 0 Å². The number of fused-ring (bicyclic) bond motifs is 1. The lowest BCUT2D eigenvalue weighted by Gasteiger charge is -2.32. The molecular formula is C19H20ClN5O2. The van der Waals surface area contributed by atoms with Crippen molar-refractivity contribution in [3.05, 3.63) is 58.6 Å². The average molecular weight is 386 g/mol. The molecule has 8 heteroatoms. The second kappa shape index (κ2) is 7.00. The number of halogens is 1. The fourth-order valence-corrected chi connectivity index (χ4v) is 3.76. The molecule has 0 saturated carbocycles. The molecule has 27 heavy (non-hydrogen) atoms. The monoisotopic (exact) mass is 385 g/mol. The maximum atomic E-state index is 6.43. The number of anilines is 2. The van der Waals surface area contributed by atoms with E-state index in [1.165, 1.54) is 0 Å². The second-order valence-electron chi connectivity index (χ2n) is 6.32. The van der Waals surface area contributed by atoms with Gasteiger partial charge in [-0.25, -0.2) is 4.68 Å². The van der Waals surface area contributed by atoms with Gasteiger partial charge in [0.1, 0.15) is 0 Å². The van der Waals surface area contributed by atoms with Gasteiger partial charge in [-0.2, -0.15) is 4.98 Å². The standard InChI is InChI=1S/C19H20ClN5O2/c1-26-16-8-7-11(9-17(16)27-2)15-10-14(12-5-3-4-6-13(12)20)22-19-23-18(21)24-25(15)19/h3-9,14-15H,10H2,1-2H3,(H3,21,22,23,24)/t14-,15-/m0/s1. The third-order valence-corrected chi connectivity index (χ3v) is 5.12. The third kappa shape index (κ3) is 3.14. The zero-order valence-electron chi connectivity index (χ0n) is 15.0. The highest BCUT2D eigenvalue weighted by Crippen LogP contribution is 2.41. The van der Waals surface area contributed by atoms with Crippen molar-refractivity contribution in [3.63, 3.8) is 0 Å². The van der Waals surface area contributed by atoms with Crippen molar-refractivity contribution in [2.45, 2.75) is 18.5 Å². The van der Waals surface area contributed by atoms with Gasteiger partial charge in [-0.15, -0.1) is 5.10 Å². The van der Waals surface area contributed by atoms with Crippen LogP contribution in [-0.4, -0.2) is 29.0 Å². The molecule has 4 rings (SSSR count). The number of nitrogens with one attached hydrogen (secondary N) is 1. The third-order valence-electron chi connectivity index (χ3n) is 4.78. The van der Waals surface area contributed by atoms with E-state index in [0.29, 0.717) is 22.5 Å². The zero-order valence-corrected chi connectivity index (χ0v) is 15.8. The lowest BCUT2D eigenvalue weighted by molar-refractivity contribution is 0.352. The van der Waals surface area contributed by atoms with Gasteiger partial charge in [-0.3, -0.25) is 0 Å². The molecule has 0 radical (unpaired) electrons. The Morgan fingerprint density at radius 1 is 1.15 bits per heavy atom. The molecular weight excluding hydrogens is 366 g/mol. The molecule has 0 amide bonds. The maximum Gasteiger partial charge on any atom is 0.241 e. The van der Waals surface area contributed by atoms with Crippen LogP contribution in [0.25, 0.3) is 0 Å². The Morgan fingerprint density at radius 2 is 1.93 bits per heavy atom. The van der Waals surface area contributed by atoms with Crippen molar-refractivity contribution in [1.82, 2.24) is 14.8 Å². The second-order valence-corrected chi connectivity index (χ2v) is 6.73. The summed E-state index contributed by atoms with van der Waals surface area (Å²) in [4.78, 5) is 4.33. The van der Waals surface area contributed by atoms with Crippen molar-refractivity contribution < 1.29 is 9.47 Å². The van der Waals surface area contributed by atoms with Crippen LogP contribution in [0.4, 0.5) is 11.9 Å². The van der Waals surface area contributed by atoms with Gasteiger partial charge in [0, 0.05) is 5.02 Å². The molecule has 7 nitrogen and oxygen atoms in total. The quantitative estimate of drug-likeness (QED) is 0.712. The molecule has 2 aromatic carbocycles. The number of nitrogens with two attached hydrogens (primary N) is 1. The highest BCUT2D eigenvalue weighted by atomic mass is 35.5. The highest BCUT2D eigenvalue weighted by molar-refractivity contribution is 6.31. The molecule has 2 atom stereocenters. The van der Waals surface area contributed by atoms with Crippen LogP contribution in [0.5, 0.6) is 11.5 Å². The first-order valence-corrected chi connectivity index (χ1v) is 8.93. The number of hydrogen-bond donors (Lipinski definition) is 2. The summed E-state index contributed by atoms with van der Waals surface area (Å²) in [7, 11) is 3.24. The van der Waals surface area contributed by atoms with Gasteiger partial charge >= 0.3 is 0 Å². The number of benzene rings is 2. The van der Waals surface area contributed by atoms with Gasteiger partial charge in [0.25, 0.3) is 0 Å². The minimum absolute atomic E-state index is 0.0205. The molecule has 1 aliphatic heterocycles. The largest absolute Gasteiger partial charge is 0.493 e. The van der Waals surface area contributed by atoms with E-state index in [0.717, 1.165) is 17.5 Å². The van der Waals surface area contributed by atoms with E-state index in [9.17, 15) is 0 Å². The minimum Gasteiger partial charge on any atom is -0.493 e. The van der Waals surface area contributed by atoms with Crippen LogP contribution < -0.4 is 20.5 Å². The van der Waals surface area contributed by atoms with E-state index in [1.54, 1.807) is 14.2 Å². The molecule has 0 aliphatic carbocycles. The van der Waals surface area contributed by atoms with Gasteiger partial charge in [0.2, 0.25) is 11.9 Å². The molecule has 0 unspecified atom stereocenters. The highest BCUT2D eigenvalue weighted by Gasteiger charge is 2.32. The predicted molar refractivity (Wildman–Crippen MR) is 105 cm³/mol. The Labute approximate surface area is 162 Å². The number of hydrogen-bond acceptors (Lipinski definition) is 6. The summed E-state index contributed by atoms with van der Waals surface area (Å²) in [5.41, 5.74) is 7.90. The van der Waals surface area contributed by atoms with E-state index in [1.807, 2.05) is 47.1 Å². The molecule has 0 bridgehead atoms. The van der Waals surface area contributed by atoms with Crippen LogP contribution in [0.15, 0.2) is 42.5 Å². The van der Waals surface area contributed by atoms with E-state index in [4.69, 9.17) is 26.8 Å². The summed E-state index contributed by atoms with van der Waals surface area (Å²) >= 11 is 6.43. The number of aromatic nitrogens is 3. The Hall–Kier alpha value is -2.93. The maximum absolute atomic E-state index is 6.43. The molecule has 1 aromatic heterocycles. The SMILES string of the molecule is COc1ccc([C@@H]2C[C@@H](c3ccccc3Cl)Nc3nc(N)nn32)cc1OC. The van der Waals surface area contributed by atoms with Crippen molar-refractivity contribution in [1.29, 1.82) is 0 Å². The summed E-state index contributed by atoms with van der Waals surface area (Å²) in [5, 5.41) is 8.48. The zero-order chi connectivity index (χ0) is 19.0. The van der Waals surface area contributed by atoms with E-state index in [-0.39, 0.29) is 18.0 Å². The Kier molecular flexibility index (Phi) is 4.53. The van der Waals surface area contributed by atoms with Crippen molar-refractivity contribution in [2.24, 2.45) is 0 Å². The number of methoxy groups -OCH3 is 2. The average Bonchev–Trinajstić information content (AvgIpc) is 3.07. The van der Waals surface area contributed by atoms with Crippen LogP contribution in [-0.2, 0) is 0 Å². The van der Waals surface area contributed by atoms with Crippen molar-refractivity contribution >= 4 is 23.5 Å². The van der Waals surface area contributed by atoms with Crippen molar-refractivity contribution in [2.75, 3.05) is 25.3 Å². The minimum atomic E-state index is -0.0767. The van der Waals surface area contributed by atoms with Crippen LogP contribution in [0.1, 0.15) is 29.6 Å². The van der Waals surface area contributed by atoms with Gasteiger partial charge in [0.15, 0.2) is 11.5 Å². The lowest BCUT2D eigenvalue weighted by Crippen LogP contribution is -2.28. The van der Waals surface area contributed by atoms with Gasteiger partial charge in [-0.1, -0.05) is 35.9 Å². The van der Waals surface area contributed by atoms with E-state index in [2.05, 4.69) is 15.4 Å². The Bertz CT molecular complexity index is 974. The number of rotatable bonds is 4. The fraction of sp³-hybridized carbons (Fsp3) is 0.263. The molecule has 0 fully saturated rings. The smallest absolute Gasteiger partial charge is 0.241 e. The number of ether oxygens (including phenoxy) is 2. The Balaban J connectivity index is 1.78. The van der Waals surface area contributed by atoms with Gasteiger partial charge in [-0.05, 0) is 35.7 Å². The van der Waals surface area contributed by atoms with Crippen LogP contribution in [0.3, 0.4) is 0 Å². The fourth-order valence-electron chi connectivity index (χ4n) is 3.49. The molecule has 3 N–H and O–H groups in total. The summed E-state index contributed by atoms with van der Waals surface area (Å²) in [5.74, 6) is 2.18. The Morgan fingerprint density at radius 3 is 2.67 bits per heavy atom. The first-order chi connectivity index (χ1) is 13.1. The molecule has 2 heterocycles. The van der Waals surface area contributed by atoms with E-state index >= 15 is 0 Å². The van der Waals surface area contributed by atoms with Crippen molar-refractivity contribution in [3.8, 4) is 11.5 Å². The summed E-state index contributed by atoms with van der Waals surface area (Å²) in [6, 6.07) is 13.5. The van der Waals surface area contributed by atoms with Gasteiger partial charge in [0.05, 0.1) is 26.3 Å². The first-order valence-electron chi connectivity index (χ1n) is 8.55. The first kappa shape index (κ1) is 17.5. The molecule has 140 valence electrons. The van der Waals surface area contributed by atoms with Gasteiger partial charge < -0.3 is 20.5 Å². The lowest BCUT2D eigenvalue weighted by atomic mass is 9.93. The summed E-state index contributed by atoms with van der Waals surface area (Å²) in [6.45, 7) is 0. The molecule has 0 saturated heterocycles. The number of nitrogen functional groups attached to an aromatic ring is 1. The molecule has 0 spiro atoms. The predicted octanol–water partition coefficient (Wildman–Crippen LogP) is 3.68. The molecule has 1 aliphatic rings. The number of nitrogens with zero attached hydrogens (tertiary/aromatic N) is 3. The van der Waals surface area contributed by atoms with Crippen LogP contribution in [0, 0.1) is 0 Å². The normalized spacial score (nSPS) is 18.5. The summed E-state index contributed by atoms with van der Waals surface area (Å²) in [6.07, 6.45) is 0.731. The molecule has 3 aromatic rings.